The van der Waals surface area contributed by atoms with Crippen molar-refractivity contribution in [2.45, 2.75) is 65.6 Å². The summed E-state index contributed by atoms with van der Waals surface area (Å²) in [6.45, 7) is 8.27. The highest BCUT2D eigenvalue weighted by Crippen LogP contribution is 2.23. The molecule has 2 heterocycles. The quantitative estimate of drug-likeness (QED) is 0.567. The predicted octanol–water partition coefficient (Wildman–Crippen LogP) is 3.01. The number of pyridine rings is 1. The second-order valence-corrected chi connectivity index (χ2v) is 7.35. The summed E-state index contributed by atoms with van der Waals surface area (Å²) < 4.78 is 7.92. The van der Waals surface area contributed by atoms with E-state index in [1.165, 1.54) is 24.1 Å². The summed E-state index contributed by atoms with van der Waals surface area (Å²) in [6, 6.07) is 3.99. The first kappa shape index (κ1) is 20.2. The van der Waals surface area contributed by atoms with Crippen LogP contribution in [0.3, 0.4) is 0 Å². The molecule has 0 saturated heterocycles. The van der Waals surface area contributed by atoms with Crippen LogP contribution < -0.4 is 15.4 Å². The fraction of sp³-hybridized carbons (Fsp3) is 0.571. The van der Waals surface area contributed by atoms with Crippen molar-refractivity contribution in [3.05, 3.63) is 40.8 Å². The van der Waals surface area contributed by atoms with Gasteiger partial charge in [-0.25, -0.2) is 9.98 Å². The van der Waals surface area contributed by atoms with Gasteiger partial charge in [0.25, 0.3) is 0 Å². The molecule has 1 aliphatic rings. The molecule has 1 fully saturated rings. The van der Waals surface area contributed by atoms with Crippen LogP contribution >= 0.6 is 0 Å². The van der Waals surface area contributed by atoms with Crippen LogP contribution in [0.25, 0.3) is 0 Å². The van der Waals surface area contributed by atoms with E-state index >= 15 is 0 Å². The zero-order valence-corrected chi connectivity index (χ0v) is 17.5. The van der Waals surface area contributed by atoms with Crippen molar-refractivity contribution in [2.75, 3.05) is 6.54 Å². The number of nitrogens with one attached hydrogen (secondary N) is 2. The topological polar surface area (TPSA) is 76.4 Å². The van der Waals surface area contributed by atoms with E-state index in [0.29, 0.717) is 25.1 Å². The molecule has 0 atom stereocenters. The number of hydrogen-bond donors (Lipinski definition) is 2. The molecule has 7 heteroatoms. The first-order chi connectivity index (χ1) is 13.6. The van der Waals surface area contributed by atoms with Gasteiger partial charge in [-0.15, -0.1) is 0 Å². The van der Waals surface area contributed by atoms with Gasteiger partial charge in [0.2, 0.25) is 5.88 Å². The van der Waals surface area contributed by atoms with Gasteiger partial charge in [-0.05, 0) is 58.1 Å². The second-order valence-electron chi connectivity index (χ2n) is 7.35. The number of aryl methyl sites for hydroxylation is 2. The van der Waals surface area contributed by atoms with Crippen molar-refractivity contribution in [1.82, 2.24) is 25.4 Å². The Morgan fingerprint density at radius 3 is 2.75 bits per heavy atom. The molecular weight excluding hydrogens is 352 g/mol. The molecule has 0 amide bonds. The van der Waals surface area contributed by atoms with Gasteiger partial charge < -0.3 is 15.4 Å². The van der Waals surface area contributed by atoms with E-state index in [0.717, 1.165) is 36.6 Å². The third-order valence-corrected chi connectivity index (χ3v) is 5.24. The lowest BCUT2D eigenvalue weighted by Crippen LogP contribution is -2.37. The number of aromatic nitrogens is 3. The molecule has 2 aromatic heterocycles. The largest absolute Gasteiger partial charge is 0.474 e. The van der Waals surface area contributed by atoms with Crippen LogP contribution in [0.1, 0.15) is 55.1 Å². The summed E-state index contributed by atoms with van der Waals surface area (Å²) in [5.41, 5.74) is 4.52. The van der Waals surface area contributed by atoms with E-state index in [2.05, 4.69) is 34.6 Å². The highest BCUT2D eigenvalue weighted by atomic mass is 16.5. The number of hydrogen-bond acceptors (Lipinski definition) is 4. The predicted molar refractivity (Wildman–Crippen MR) is 111 cm³/mol. The molecule has 2 aromatic rings. The standard InChI is InChI=1S/C21H32N6O/c1-5-22-21(25-14-19-15(2)26-27(4)16(19)3)24-13-17-10-11-23-20(12-17)28-18-8-6-7-9-18/h10-12,18H,5-9,13-14H2,1-4H3,(H2,22,24,25). The maximum Gasteiger partial charge on any atom is 0.213 e. The first-order valence-corrected chi connectivity index (χ1v) is 10.2. The van der Waals surface area contributed by atoms with Crippen molar-refractivity contribution in [3.63, 3.8) is 0 Å². The van der Waals surface area contributed by atoms with Gasteiger partial charge in [0, 0.05) is 43.7 Å². The first-order valence-electron chi connectivity index (χ1n) is 10.2. The number of aliphatic imine (C=N–C) groups is 1. The molecule has 0 spiro atoms. The molecule has 0 radical (unpaired) electrons. The lowest BCUT2D eigenvalue weighted by Gasteiger charge is -2.13. The van der Waals surface area contributed by atoms with E-state index in [1.807, 2.05) is 30.8 Å². The highest BCUT2D eigenvalue weighted by Gasteiger charge is 2.17. The van der Waals surface area contributed by atoms with Crippen LogP contribution in [0.15, 0.2) is 23.3 Å². The zero-order chi connectivity index (χ0) is 19.9. The maximum absolute atomic E-state index is 6.00. The minimum absolute atomic E-state index is 0.316. The Labute approximate surface area is 167 Å². The summed E-state index contributed by atoms with van der Waals surface area (Å²) >= 11 is 0. The molecule has 0 aliphatic heterocycles. The molecule has 7 nitrogen and oxygen atoms in total. The van der Waals surface area contributed by atoms with E-state index < -0.39 is 0 Å². The molecule has 1 saturated carbocycles. The van der Waals surface area contributed by atoms with Crippen LogP contribution in [0, 0.1) is 13.8 Å². The van der Waals surface area contributed by atoms with Crippen molar-refractivity contribution in [3.8, 4) is 5.88 Å². The number of rotatable bonds is 7. The third kappa shape index (κ3) is 5.24. The average Bonchev–Trinajstić information content (AvgIpc) is 3.27. The normalized spacial score (nSPS) is 15.1. The lowest BCUT2D eigenvalue weighted by atomic mass is 10.2. The van der Waals surface area contributed by atoms with E-state index in [1.54, 1.807) is 6.20 Å². The minimum atomic E-state index is 0.316. The van der Waals surface area contributed by atoms with Crippen LogP contribution in [-0.2, 0) is 20.1 Å². The molecule has 152 valence electrons. The summed E-state index contributed by atoms with van der Waals surface area (Å²) in [4.78, 5) is 9.07. The average molecular weight is 385 g/mol. The summed E-state index contributed by atoms with van der Waals surface area (Å²) in [6.07, 6.45) is 6.89. The molecular formula is C21H32N6O. The minimum Gasteiger partial charge on any atom is -0.474 e. The van der Waals surface area contributed by atoms with Crippen molar-refractivity contribution in [1.29, 1.82) is 0 Å². The SMILES string of the molecule is CCNC(=NCc1ccnc(OC2CCCC2)c1)NCc1c(C)nn(C)c1C. The molecule has 28 heavy (non-hydrogen) atoms. The number of nitrogens with zero attached hydrogens (tertiary/aromatic N) is 4. The molecule has 2 N–H and O–H groups in total. The summed E-state index contributed by atoms with van der Waals surface area (Å²) in [7, 11) is 1.97. The molecule has 3 rings (SSSR count). The Kier molecular flexibility index (Phi) is 6.90. The molecule has 0 bridgehead atoms. The Morgan fingerprint density at radius 2 is 2.07 bits per heavy atom. The maximum atomic E-state index is 6.00. The smallest absolute Gasteiger partial charge is 0.213 e. The Balaban J connectivity index is 1.62. The highest BCUT2D eigenvalue weighted by molar-refractivity contribution is 5.79. The van der Waals surface area contributed by atoms with Crippen LogP contribution in [0.2, 0.25) is 0 Å². The second kappa shape index (κ2) is 9.57. The van der Waals surface area contributed by atoms with E-state index in [4.69, 9.17) is 9.73 Å². The fourth-order valence-corrected chi connectivity index (χ4v) is 3.55. The third-order valence-electron chi connectivity index (χ3n) is 5.24. The molecule has 1 aliphatic carbocycles. The Morgan fingerprint density at radius 1 is 1.29 bits per heavy atom. The Hall–Kier alpha value is -2.57. The van der Waals surface area contributed by atoms with Gasteiger partial charge >= 0.3 is 0 Å². The molecule has 0 aromatic carbocycles. The monoisotopic (exact) mass is 384 g/mol. The fourth-order valence-electron chi connectivity index (χ4n) is 3.55. The van der Waals surface area contributed by atoms with Gasteiger partial charge in [0.1, 0.15) is 6.10 Å². The van der Waals surface area contributed by atoms with Gasteiger partial charge in [0.15, 0.2) is 5.96 Å². The van der Waals surface area contributed by atoms with Crippen LogP contribution in [-0.4, -0.2) is 33.4 Å². The molecule has 0 unspecified atom stereocenters. The van der Waals surface area contributed by atoms with Gasteiger partial charge in [-0.1, -0.05) is 0 Å². The van der Waals surface area contributed by atoms with Crippen molar-refractivity contribution >= 4 is 5.96 Å². The van der Waals surface area contributed by atoms with Crippen LogP contribution in [0.4, 0.5) is 0 Å². The van der Waals surface area contributed by atoms with E-state index in [9.17, 15) is 0 Å². The lowest BCUT2D eigenvalue weighted by molar-refractivity contribution is 0.201. The number of guanidine groups is 1. The summed E-state index contributed by atoms with van der Waals surface area (Å²) in [5.74, 6) is 1.50. The van der Waals surface area contributed by atoms with Crippen molar-refractivity contribution < 1.29 is 4.74 Å². The Bertz CT molecular complexity index is 807. The van der Waals surface area contributed by atoms with Crippen molar-refractivity contribution in [2.24, 2.45) is 12.0 Å². The summed E-state index contributed by atoms with van der Waals surface area (Å²) in [5, 5.41) is 11.2. The van der Waals surface area contributed by atoms with Gasteiger partial charge in [0.05, 0.1) is 12.2 Å². The number of ether oxygens (including phenoxy) is 1. The van der Waals surface area contributed by atoms with E-state index in [-0.39, 0.29) is 0 Å². The zero-order valence-electron chi connectivity index (χ0n) is 17.5. The van der Waals surface area contributed by atoms with Gasteiger partial charge in [-0.3, -0.25) is 4.68 Å². The van der Waals surface area contributed by atoms with Gasteiger partial charge in [-0.2, -0.15) is 5.10 Å². The van der Waals surface area contributed by atoms with Crippen LogP contribution in [0.5, 0.6) is 5.88 Å².